The minimum Gasteiger partial charge on any atom is -0.481 e. The van der Waals surface area contributed by atoms with E-state index < -0.39 is 11.9 Å². The Kier molecular flexibility index (Phi) is 4.33. The van der Waals surface area contributed by atoms with Gasteiger partial charge in [-0.2, -0.15) is 0 Å². The van der Waals surface area contributed by atoms with Crippen LogP contribution in [0.3, 0.4) is 0 Å². The molecule has 1 N–H and O–H groups in total. The molecular weight excluding hydrogens is 270 g/mol. The first-order valence-electron chi connectivity index (χ1n) is 5.51. The summed E-state index contributed by atoms with van der Waals surface area (Å²) in [4.78, 5) is 15.4. The number of carboxylic acid groups (broad SMARTS) is 1. The van der Waals surface area contributed by atoms with Crippen molar-refractivity contribution in [1.82, 2.24) is 4.98 Å². The fourth-order valence-corrected chi connectivity index (χ4v) is 2.54. The maximum Gasteiger partial charge on any atom is 0.307 e. The zero-order valence-electron chi connectivity index (χ0n) is 9.54. The van der Waals surface area contributed by atoms with E-state index >= 15 is 0 Å². The van der Waals surface area contributed by atoms with Crippen LogP contribution in [0.15, 0.2) is 35.8 Å². The number of carboxylic acids is 1. The molecule has 3 nitrogen and oxygen atoms in total. The van der Waals surface area contributed by atoms with Crippen LogP contribution in [0.5, 0.6) is 0 Å². The molecule has 0 aliphatic carbocycles. The van der Waals surface area contributed by atoms with Crippen molar-refractivity contribution in [3.05, 3.63) is 51.4 Å². The van der Waals surface area contributed by atoms with Gasteiger partial charge in [0.2, 0.25) is 0 Å². The molecule has 0 saturated carbocycles. The highest BCUT2D eigenvalue weighted by atomic mass is 35.5. The van der Waals surface area contributed by atoms with E-state index in [2.05, 4.69) is 4.98 Å². The summed E-state index contributed by atoms with van der Waals surface area (Å²) in [5.74, 6) is -1.24. The summed E-state index contributed by atoms with van der Waals surface area (Å²) in [5, 5.41) is 12.6. The molecule has 1 aromatic heterocycles. The van der Waals surface area contributed by atoms with Gasteiger partial charge in [0.25, 0.3) is 0 Å². The van der Waals surface area contributed by atoms with Crippen LogP contribution < -0.4 is 0 Å². The molecule has 1 heterocycles. The molecule has 0 aliphatic rings. The van der Waals surface area contributed by atoms with Gasteiger partial charge in [-0.15, -0.1) is 11.3 Å². The maximum absolute atomic E-state index is 11.2. The highest BCUT2D eigenvalue weighted by Crippen LogP contribution is 2.18. The van der Waals surface area contributed by atoms with Gasteiger partial charge in [0.1, 0.15) is 0 Å². The Morgan fingerprint density at radius 3 is 2.61 bits per heavy atom. The number of rotatable bonds is 5. The highest BCUT2D eigenvalue weighted by Gasteiger charge is 2.19. The molecule has 0 fully saturated rings. The number of halogens is 1. The van der Waals surface area contributed by atoms with Crippen molar-refractivity contribution in [3.8, 4) is 0 Å². The van der Waals surface area contributed by atoms with Gasteiger partial charge in [-0.25, -0.2) is 4.98 Å². The van der Waals surface area contributed by atoms with Gasteiger partial charge in [-0.1, -0.05) is 23.7 Å². The number of hydrogen-bond donors (Lipinski definition) is 1. The van der Waals surface area contributed by atoms with E-state index in [-0.39, 0.29) is 0 Å². The fourth-order valence-electron chi connectivity index (χ4n) is 1.72. The van der Waals surface area contributed by atoms with Crippen molar-refractivity contribution < 1.29 is 9.90 Å². The molecule has 0 radical (unpaired) electrons. The lowest BCUT2D eigenvalue weighted by Crippen LogP contribution is -2.19. The summed E-state index contributed by atoms with van der Waals surface area (Å²) in [6.07, 6.45) is 2.66. The van der Waals surface area contributed by atoms with E-state index in [0.717, 1.165) is 10.6 Å². The second-order valence-electron chi connectivity index (χ2n) is 4.00. The highest BCUT2D eigenvalue weighted by molar-refractivity contribution is 7.09. The van der Waals surface area contributed by atoms with Gasteiger partial charge in [0.15, 0.2) is 0 Å². The molecule has 1 aromatic carbocycles. The van der Waals surface area contributed by atoms with Gasteiger partial charge < -0.3 is 5.11 Å². The molecule has 94 valence electrons. The van der Waals surface area contributed by atoms with Gasteiger partial charge in [-0.3, -0.25) is 4.79 Å². The van der Waals surface area contributed by atoms with Crippen molar-refractivity contribution in [2.75, 3.05) is 0 Å². The maximum atomic E-state index is 11.2. The van der Waals surface area contributed by atoms with Crippen molar-refractivity contribution in [2.45, 2.75) is 12.8 Å². The summed E-state index contributed by atoms with van der Waals surface area (Å²) in [7, 11) is 0. The van der Waals surface area contributed by atoms with Crippen molar-refractivity contribution in [2.24, 2.45) is 5.92 Å². The Balaban J connectivity index is 2.06. The molecule has 2 aromatic rings. The standard InChI is InChI=1S/C13H12ClNO2S/c14-11-3-1-9(2-4-11)7-10(13(16)17)8-12-15-5-6-18-12/h1-6,10H,7-8H2,(H,16,17). The molecule has 0 amide bonds. The lowest BCUT2D eigenvalue weighted by Gasteiger charge is -2.10. The van der Waals surface area contributed by atoms with Crippen LogP contribution in [0.25, 0.3) is 0 Å². The number of nitrogens with zero attached hydrogens (tertiary/aromatic N) is 1. The second-order valence-corrected chi connectivity index (χ2v) is 5.41. The number of aliphatic carboxylic acids is 1. The molecule has 5 heteroatoms. The third kappa shape index (κ3) is 3.55. The average Bonchev–Trinajstić information content (AvgIpc) is 2.84. The first-order chi connectivity index (χ1) is 8.65. The van der Waals surface area contributed by atoms with Gasteiger partial charge in [0, 0.05) is 23.0 Å². The molecule has 0 aliphatic heterocycles. The van der Waals surface area contributed by atoms with Crippen LogP contribution in [-0.4, -0.2) is 16.1 Å². The van der Waals surface area contributed by atoms with Crippen molar-refractivity contribution >= 4 is 28.9 Å². The molecule has 1 atom stereocenters. The third-order valence-electron chi connectivity index (χ3n) is 2.65. The first-order valence-corrected chi connectivity index (χ1v) is 6.76. The zero-order valence-corrected chi connectivity index (χ0v) is 11.1. The first kappa shape index (κ1) is 13.1. The van der Waals surface area contributed by atoms with Crippen LogP contribution in [0.4, 0.5) is 0 Å². The number of benzene rings is 1. The number of carbonyl (C=O) groups is 1. The normalized spacial score (nSPS) is 12.3. The molecule has 18 heavy (non-hydrogen) atoms. The Hall–Kier alpha value is -1.39. The topological polar surface area (TPSA) is 50.2 Å². The van der Waals surface area contributed by atoms with Crippen LogP contribution in [-0.2, 0) is 17.6 Å². The predicted octanol–water partition coefficient (Wildman–Crippen LogP) is 3.28. The zero-order chi connectivity index (χ0) is 13.0. The van der Waals surface area contributed by atoms with Crippen molar-refractivity contribution in [1.29, 1.82) is 0 Å². The van der Waals surface area contributed by atoms with Crippen LogP contribution in [0.2, 0.25) is 5.02 Å². The van der Waals surface area contributed by atoms with Crippen LogP contribution >= 0.6 is 22.9 Å². The Morgan fingerprint density at radius 1 is 1.33 bits per heavy atom. The lowest BCUT2D eigenvalue weighted by molar-refractivity contribution is -0.141. The predicted molar refractivity (Wildman–Crippen MR) is 72.1 cm³/mol. The van der Waals surface area contributed by atoms with E-state index in [0.29, 0.717) is 17.9 Å². The second kappa shape index (κ2) is 5.98. The number of aromatic nitrogens is 1. The largest absolute Gasteiger partial charge is 0.481 e. The molecule has 0 saturated heterocycles. The van der Waals surface area contributed by atoms with E-state index in [1.807, 2.05) is 17.5 Å². The van der Waals surface area contributed by atoms with Gasteiger partial charge in [-0.05, 0) is 24.1 Å². The molecule has 1 unspecified atom stereocenters. The van der Waals surface area contributed by atoms with Crippen molar-refractivity contribution in [3.63, 3.8) is 0 Å². The third-order valence-corrected chi connectivity index (χ3v) is 3.70. The summed E-state index contributed by atoms with van der Waals surface area (Å²) in [5.41, 5.74) is 0.975. The van der Waals surface area contributed by atoms with E-state index in [9.17, 15) is 9.90 Å². The van der Waals surface area contributed by atoms with Gasteiger partial charge in [0.05, 0.1) is 10.9 Å². The summed E-state index contributed by atoms with van der Waals surface area (Å²) >= 11 is 7.29. The average molecular weight is 282 g/mol. The lowest BCUT2D eigenvalue weighted by atomic mass is 9.96. The molecule has 0 bridgehead atoms. The number of hydrogen-bond acceptors (Lipinski definition) is 3. The van der Waals surface area contributed by atoms with Crippen LogP contribution in [0, 0.1) is 5.92 Å². The minimum absolute atomic E-state index is 0.447. The monoisotopic (exact) mass is 281 g/mol. The van der Waals surface area contributed by atoms with Gasteiger partial charge >= 0.3 is 5.97 Å². The van der Waals surface area contributed by atoms with E-state index in [4.69, 9.17) is 11.6 Å². The summed E-state index contributed by atoms with van der Waals surface area (Å²) in [6, 6.07) is 7.28. The fraction of sp³-hybridized carbons (Fsp3) is 0.231. The molecule has 2 rings (SSSR count). The molecular formula is C13H12ClNO2S. The number of thiazole rings is 1. The minimum atomic E-state index is -0.792. The van der Waals surface area contributed by atoms with Crippen LogP contribution in [0.1, 0.15) is 10.6 Å². The summed E-state index contributed by atoms with van der Waals surface area (Å²) < 4.78 is 0. The summed E-state index contributed by atoms with van der Waals surface area (Å²) in [6.45, 7) is 0. The Labute approximate surface area is 114 Å². The Bertz CT molecular complexity index is 510. The smallest absolute Gasteiger partial charge is 0.307 e. The SMILES string of the molecule is O=C(O)C(Cc1ccc(Cl)cc1)Cc1nccs1. The Morgan fingerprint density at radius 2 is 2.06 bits per heavy atom. The van der Waals surface area contributed by atoms with E-state index in [1.54, 1.807) is 18.3 Å². The quantitative estimate of drug-likeness (QED) is 0.915. The van der Waals surface area contributed by atoms with E-state index in [1.165, 1.54) is 11.3 Å². The molecule has 0 spiro atoms.